The molecule has 0 spiro atoms. The van der Waals surface area contributed by atoms with Gasteiger partial charge in [0.2, 0.25) is 0 Å². The maximum atomic E-state index is 4.57. The van der Waals surface area contributed by atoms with Crippen molar-refractivity contribution >= 4 is 27.6 Å². The molecule has 0 aliphatic carbocycles. The molecule has 1 N–H and O–H groups in total. The zero-order chi connectivity index (χ0) is 13.5. The van der Waals surface area contributed by atoms with Crippen LogP contribution in [0.15, 0.2) is 58.0 Å². The molecule has 0 saturated carbocycles. The van der Waals surface area contributed by atoms with E-state index >= 15 is 0 Å². The summed E-state index contributed by atoms with van der Waals surface area (Å²) in [6.45, 7) is 1.83. The Labute approximate surface area is 126 Å². The fraction of sp³-hybridized carbons (Fsp3) is 0.188. The van der Waals surface area contributed by atoms with E-state index in [1.807, 2.05) is 0 Å². The predicted octanol–water partition coefficient (Wildman–Crippen LogP) is 3.64. The lowest BCUT2D eigenvalue weighted by molar-refractivity contribution is 0.382. The van der Waals surface area contributed by atoms with E-state index in [2.05, 4.69) is 79.7 Å². The summed E-state index contributed by atoms with van der Waals surface area (Å²) in [6, 6.07) is 17.3. The van der Waals surface area contributed by atoms with Crippen LogP contribution in [-0.4, -0.2) is 23.9 Å². The molecule has 0 radical (unpaired) electrons. The van der Waals surface area contributed by atoms with E-state index in [1.165, 1.54) is 11.1 Å². The Morgan fingerprint density at radius 2 is 2.00 bits per heavy atom. The van der Waals surface area contributed by atoms with Crippen LogP contribution in [0.5, 0.6) is 0 Å². The van der Waals surface area contributed by atoms with Gasteiger partial charge in [0.25, 0.3) is 0 Å². The molecule has 100 valence electrons. The summed E-state index contributed by atoms with van der Waals surface area (Å²) in [5.74, 6) is 0.994. The van der Waals surface area contributed by atoms with Gasteiger partial charge in [-0.05, 0) is 23.8 Å². The van der Waals surface area contributed by atoms with Gasteiger partial charge in [-0.1, -0.05) is 46.3 Å². The molecule has 0 aromatic heterocycles. The Hall–Kier alpha value is -1.81. The Balaban J connectivity index is 1.91. The number of nitrogens with zero attached hydrogens (tertiary/aromatic N) is 2. The van der Waals surface area contributed by atoms with E-state index in [9.17, 15) is 0 Å². The first-order valence-electron chi connectivity index (χ1n) is 6.75. The molecule has 2 aliphatic rings. The fourth-order valence-electron chi connectivity index (χ4n) is 2.98. The van der Waals surface area contributed by atoms with E-state index in [-0.39, 0.29) is 6.04 Å². The monoisotopic (exact) mass is 327 g/mol. The number of guanidine groups is 1. The molecule has 0 saturated heterocycles. The summed E-state index contributed by atoms with van der Waals surface area (Å²) >= 11 is 3.59. The van der Waals surface area contributed by atoms with Gasteiger partial charge < -0.3 is 10.2 Å². The normalized spacial score (nSPS) is 19.9. The van der Waals surface area contributed by atoms with Crippen LogP contribution in [0.3, 0.4) is 0 Å². The average Bonchev–Trinajstić information content (AvgIpc) is 2.93. The van der Waals surface area contributed by atoms with Gasteiger partial charge in [-0.3, -0.25) is 4.99 Å². The second-order valence-electron chi connectivity index (χ2n) is 5.07. The average molecular weight is 328 g/mol. The second-order valence-corrected chi connectivity index (χ2v) is 5.98. The number of aliphatic imine (C=N–C) groups is 1. The van der Waals surface area contributed by atoms with Crippen LogP contribution in [0.1, 0.15) is 17.2 Å². The molecule has 4 heteroatoms. The quantitative estimate of drug-likeness (QED) is 0.866. The van der Waals surface area contributed by atoms with Crippen molar-refractivity contribution in [2.45, 2.75) is 6.04 Å². The number of fused-ring (bicyclic) bond motifs is 2. The Morgan fingerprint density at radius 1 is 1.15 bits per heavy atom. The molecule has 1 atom stereocenters. The smallest absolute Gasteiger partial charge is 0.199 e. The number of benzene rings is 2. The van der Waals surface area contributed by atoms with Crippen molar-refractivity contribution in [1.82, 2.24) is 4.90 Å². The van der Waals surface area contributed by atoms with Crippen molar-refractivity contribution in [1.29, 1.82) is 0 Å². The number of anilines is 1. The van der Waals surface area contributed by atoms with Gasteiger partial charge in [0.1, 0.15) is 0 Å². The van der Waals surface area contributed by atoms with Crippen LogP contribution < -0.4 is 5.32 Å². The summed E-state index contributed by atoms with van der Waals surface area (Å²) < 4.78 is 1.11. The van der Waals surface area contributed by atoms with Gasteiger partial charge in [0.15, 0.2) is 5.96 Å². The van der Waals surface area contributed by atoms with Crippen LogP contribution in [0.25, 0.3) is 0 Å². The zero-order valence-corrected chi connectivity index (χ0v) is 12.5. The van der Waals surface area contributed by atoms with Gasteiger partial charge in [0, 0.05) is 22.3 Å². The van der Waals surface area contributed by atoms with Crippen molar-refractivity contribution < 1.29 is 0 Å². The van der Waals surface area contributed by atoms with E-state index in [1.54, 1.807) is 0 Å². The SMILES string of the molecule is Brc1ccc2c(c1)C(c1ccccc1)N1CCN=C1N2. The predicted molar refractivity (Wildman–Crippen MR) is 85.1 cm³/mol. The van der Waals surface area contributed by atoms with Crippen molar-refractivity contribution in [3.8, 4) is 0 Å². The van der Waals surface area contributed by atoms with Crippen LogP contribution in [0.2, 0.25) is 0 Å². The lowest BCUT2D eigenvalue weighted by atomic mass is 9.94. The van der Waals surface area contributed by atoms with Crippen LogP contribution >= 0.6 is 15.9 Å². The van der Waals surface area contributed by atoms with Gasteiger partial charge in [-0.25, -0.2) is 0 Å². The van der Waals surface area contributed by atoms with Gasteiger partial charge >= 0.3 is 0 Å². The first-order valence-corrected chi connectivity index (χ1v) is 7.55. The molecule has 2 aromatic rings. The highest BCUT2D eigenvalue weighted by molar-refractivity contribution is 9.10. The summed E-state index contributed by atoms with van der Waals surface area (Å²) in [5.41, 5.74) is 3.76. The second kappa shape index (κ2) is 4.63. The highest BCUT2D eigenvalue weighted by atomic mass is 79.9. The zero-order valence-electron chi connectivity index (χ0n) is 10.9. The number of halogens is 1. The number of hydrogen-bond acceptors (Lipinski definition) is 3. The van der Waals surface area contributed by atoms with E-state index < -0.39 is 0 Å². The summed E-state index contributed by atoms with van der Waals surface area (Å²) in [4.78, 5) is 6.93. The molecular formula is C16H14BrN3. The van der Waals surface area contributed by atoms with Gasteiger partial charge in [0.05, 0.1) is 12.6 Å². The molecule has 2 aliphatic heterocycles. The van der Waals surface area contributed by atoms with E-state index in [4.69, 9.17) is 0 Å². The third kappa shape index (κ3) is 1.83. The lowest BCUT2D eigenvalue weighted by Gasteiger charge is -2.37. The maximum absolute atomic E-state index is 4.57. The van der Waals surface area contributed by atoms with E-state index in [0.29, 0.717) is 0 Å². The minimum absolute atomic E-state index is 0.242. The van der Waals surface area contributed by atoms with Crippen LogP contribution in [0, 0.1) is 0 Å². The van der Waals surface area contributed by atoms with Crippen molar-refractivity contribution in [2.24, 2.45) is 4.99 Å². The van der Waals surface area contributed by atoms with Crippen LogP contribution in [0.4, 0.5) is 5.69 Å². The maximum Gasteiger partial charge on any atom is 0.199 e. The Bertz CT molecular complexity index is 681. The van der Waals surface area contributed by atoms with Crippen molar-refractivity contribution in [2.75, 3.05) is 18.4 Å². The minimum atomic E-state index is 0.242. The number of nitrogens with one attached hydrogen (secondary N) is 1. The molecule has 0 amide bonds. The first kappa shape index (κ1) is 12.0. The van der Waals surface area contributed by atoms with Gasteiger partial charge in [-0.2, -0.15) is 0 Å². The number of hydrogen-bond donors (Lipinski definition) is 1. The molecule has 2 heterocycles. The molecule has 3 nitrogen and oxygen atoms in total. The van der Waals surface area contributed by atoms with E-state index in [0.717, 1.165) is 29.2 Å². The Kier molecular flexibility index (Phi) is 2.77. The van der Waals surface area contributed by atoms with Crippen molar-refractivity contribution in [3.05, 3.63) is 64.1 Å². The highest BCUT2D eigenvalue weighted by Gasteiger charge is 2.34. The highest BCUT2D eigenvalue weighted by Crippen LogP contribution is 2.39. The van der Waals surface area contributed by atoms with Crippen LogP contribution in [-0.2, 0) is 0 Å². The fourth-order valence-corrected chi connectivity index (χ4v) is 3.36. The molecule has 1 unspecified atom stereocenters. The molecule has 2 aromatic carbocycles. The third-order valence-electron chi connectivity index (χ3n) is 3.86. The molecule has 20 heavy (non-hydrogen) atoms. The summed E-state index contributed by atoms with van der Waals surface area (Å²) in [6.07, 6.45) is 0. The largest absolute Gasteiger partial charge is 0.330 e. The number of rotatable bonds is 1. The van der Waals surface area contributed by atoms with Gasteiger partial charge in [-0.15, -0.1) is 0 Å². The van der Waals surface area contributed by atoms with Crippen molar-refractivity contribution in [3.63, 3.8) is 0 Å². The molecule has 4 rings (SSSR count). The summed E-state index contributed by atoms with van der Waals surface area (Å²) in [5, 5.41) is 3.44. The summed E-state index contributed by atoms with van der Waals surface area (Å²) in [7, 11) is 0. The Morgan fingerprint density at radius 3 is 2.85 bits per heavy atom. The molecule has 0 fully saturated rings. The minimum Gasteiger partial charge on any atom is -0.330 e. The first-order chi connectivity index (χ1) is 9.83. The third-order valence-corrected chi connectivity index (χ3v) is 4.35. The molecule has 0 bridgehead atoms. The standard InChI is InChI=1S/C16H14BrN3/c17-12-6-7-14-13(10-12)15(11-4-2-1-3-5-11)20-9-8-18-16(20)19-14/h1-7,10,15H,8-9H2,(H,18,19). The lowest BCUT2D eigenvalue weighted by Crippen LogP contribution is -2.41. The molecular weight excluding hydrogens is 314 g/mol. The topological polar surface area (TPSA) is 27.6 Å².